The minimum Gasteiger partial charge on any atom is -0.456 e. The molecule has 0 aromatic rings. The van der Waals surface area contributed by atoms with Crippen molar-refractivity contribution >= 4 is 12.3 Å². The van der Waals surface area contributed by atoms with Gasteiger partial charge in [0.05, 0.1) is 12.2 Å². The molecule has 0 saturated heterocycles. The van der Waals surface area contributed by atoms with E-state index in [0.717, 1.165) is 6.29 Å². The Bertz CT molecular complexity index is 247. The third-order valence-electron chi connectivity index (χ3n) is 2.00. The van der Waals surface area contributed by atoms with Crippen molar-refractivity contribution in [2.75, 3.05) is 0 Å². The smallest absolute Gasteiger partial charge is 0.303 e. The Hall–Kier alpha value is -1.16. The van der Waals surface area contributed by atoms with Crippen LogP contribution in [0.5, 0.6) is 0 Å². The summed E-state index contributed by atoms with van der Waals surface area (Å²) >= 11 is 0. The van der Waals surface area contributed by atoms with Crippen LogP contribution in [0.4, 0.5) is 0 Å². The van der Waals surface area contributed by atoms with Crippen LogP contribution in [0.3, 0.4) is 0 Å². The Morgan fingerprint density at radius 3 is 2.79 bits per heavy atom. The van der Waals surface area contributed by atoms with Crippen LogP contribution in [-0.2, 0) is 19.1 Å². The van der Waals surface area contributed by atoms with Gasteiger partial charge in [0.2, 0.25) is 0 Å². The maximum atomic E-state index is 10.7. The van der Waals surface area contributed by atoms with E-state index in [4.69, 9.17) is 9.47 Å². The zero-order valence-electron chi connectivity index (χ0n) is 8.30. The second-order valence-corrected chi connectivity index (χ2v) is 3.24. The van der Waals surface area contributed by atoms with Crippen molar-refractivity contribution in [2.24, 2.45) is 0 Å². The zero-order chi connectivity index (χ0) is 10.6. The van der Waals surface area contributed by atoms with Gasteiger partial charge < -0.3 is 14.3 Å². The summed E-state index contributed by atoms with van der Waals surface area (Å²) in [5.74, 6) is -0.330. The Morgan fingerprint density at radius 1 is 1.57 bits per heavy atom. The predicted molar refractivity (Wildman–Crippen MR) is 49.7 cm³/mol. The largest absolute Gasteiger partial charge is 0.456 e. The molecule has 0 aromatic heterocycles. The van der Waals surface area contributed by atoms with Crippen molar-refractivity contribution in [2.45, 2.75) is 38.6 Å². The molecular weight excluding hydrogens is 184 g/mol. The highest BCUT2D eigenvalue weighted by atomic mass is 16.6. The Morgan fingerprint density at radius 2 is 2.29 bits per heavy atom. The highest BCUT2D eigenvalue weighted by Crippen LogP contribution is 2.17. The fourth-order valence-electron chi connectivity index (χ4n) is 1.34. The summed E-state index contributed by atoms with van der Waals surface area (Å²) in [5.41, 5.74) is 0. The maximum Gasteiger partial charge on any atom is 0.303 e. The van der Waals surface area contributed by atoms with Crippen LogP contribution in [-0.4, -0.2) is 30.6 Å². The third-order valence-corrected chi connectivity index (χ3v) is 2.00. The van der Waals surface area contributed by atoms with Gasteiger partial charge in [-0.25, -0.2) is 0 Å². The van der Waals surface area contributed by atoms with Gasteiger partial charge in [-0.3, -0.25) is 4.79 Å². The van der Waals surface area contributed by atoms with E-state index in [1.807, 2.05) is 6.92 Å². The average Bonchev–Trinajstić information content (AvgIpc) is 2.10. The number of rotatable bonds is 3. The van der Waals surface area contributed by atoms with E-state index in [9.17, 15) is 9.59 Å². The molecule has 1 aliphatic heterocycles. The van der Waals surface area contributed by atoms with Gasteiger partial charge in [0.15, 0.2) is 0 Å². The molecule has 3 atom stereocenters. The number of hydrogen-bond acceptors (Lipinski definition) is 4. The molecule has 0 N–H and O–H groups in total. The van der Waals surface area contributed by atoms with Gasteiger partial charge in [-0.2, -0.15) is 0 Å². The van der Waals surface area contributed by atoms with Crippen LogP contribution >= 0.6 is 0 Å². The molecule has 0 fully saturated rings. The lowest BCUT2D eigenvalue weighted by Gasteiger charge is -2.28. The molecule has 78 valence electrons. The lowest BCUT2D eigenvalue weighted by Crippen LogP contribution is -2.35. The molecule has 0 aromatic carbocycles. The molecular formula is C10H14O4. The summed E-state index contributed by atoms with van der Waals surface area (Å²) in [6.07, 6.45) is 3.95. The van der Waals surface area contributed by atoms with Gasteiger partial charge in [-0.05, 0) is 13.0 Å². The van der Waals surface area contributed by atoms with Gasteiger partial charge in [0.25, 0.3) is 0 Å². The second-order valence-electron chi connectivity index (χ2n) is 3.24. The molecule has 14 heavy (non-hydrogen) atoms. The fraction of sp³-hybridized carbons (Fsp3) is 0.600. The van der Waals surface area contributed by atoms with Gasteiger partial charge >= 0.3 is 5.97 Å². The SMILES string of the molecule is CC(=O)O[C@@H]1C=CC(CC=O)O[C@H]1C. The number of carbonyl (C=O) groups is 2. The monoisotopic (exact) mass is 198 g/mol. The maximum absolute atomic E-state index is 10.7. The Kier molecular flexibility index (Phi) is 3.83. The van der Waals surface area contributed by atoms with Crippen molar-refractivity contribution in [1.29, 1.82) is 0 Å². The first kappa shape index (κ1) is 10.9. The highest BCUT2D eigenvalue weighted by Gasteiger charge is 2.25. The topological polar surface area (TPSA) is 52.6 Å². The normalized spacial score (nSPS) is 31.1. The average molecular weight is 198 g/mol. The van der Waals surface area contributed by atoms with E-state index in [1.54, 1.807) is 12.2 Å². The first-order chi connectivity index (χ1) is 6.63. The summed E-state index contributed by atoms with van der Waals surface area (Å²) in [6.45, 7) is 3.17. The van der Waals surface area contributed by atoms with Gasteiger partial charge in [-0.15, -0.1) is 0 Å². The van der Waals surface area contributed by atoms with Crippen LogP contribution in [0.1, 0.15) is 20.3 Å². The van der Waals surface area contributed by atoms with E-state index < -0.39 is 0 Å². The van der Waals surface area contributed by atoms with Crippen molar-refractivity contribution in [3.05, 3.63) is 12.2 Å². The molecule has 0 amide bonds. The summed E-state index contributed by atoms with van der Waals surface area (Å²) in [4.78, 5) is 20.9. The van der Waals surface area contributed by atoms with Crippen LogP contribution in [0.15, 0.2) is 12.2 Å². The molecule has 1 rings (SSSR count). The highest BCUT2D eigenvalue weighted by molar-refractivity contribution is 5.66. The summed E-state index contributed by atoms with van der Waals surface area (Å²) in [6, 6.07) is 0. The first-order valence-corrected chi connectivity index (χ1v) is 4.58. The number of ether oxygens (including phenoxy) is 2. The van der Waals surface area contributed by atoms with Crippen LogP contribution in [0.25, 0.3) is 0 Å². The van der Waals surface area contributed by atoms with Crippen LogP contribution in [0, 0.1) is 0 Å². The number of aldehydes is 1. The molecule has 0 aliphatic carbocycles. The lowest BCUT2D eigenvalue weighted by atomic mass is 10.1. The number of hydrogen-bond donors (Lipinski definition) is 0. The first-order valence-electron chi connectivity index (χ1n) is 4.58. The molecule has 0 radical (unpaired) electrons. The van der Waals surface area contributed by atoms with E-state index in [2.05, 4.69) is 0 Å². The molecule has 1 aliphatic rings. The Balaban J connectivity index is 2.53. The van der Waals surface area contributed by atoms with Gasteiger partial charge in [-0.1, -0.05) is 6.08 Å². The van der Waals surface area contributed by atoms with Crippen LogP contribution in [0.2, 0.25) is 0 Å². The summed E-state index contributed by atoms with van der Waals surface area (Å²) < 4.78 is 10.4. The summed E-state index contributed by atoms with van der Waals surface area (Å²) in [7, 11) is 0. The third kappa shape index (κ3) is 2.96. The van der Waals surface area contributed by atoms with E-state index in [-0.39, 0.29) is 24.3 Å². The minimum absolute atomic E-state index is 0.186. The number of carbonyl (C=O) groups excluding carboxylic acids is 2. The van der Waals surface area contributed by atoms with E-state index >= 15 is 0 Å². The minimum atomic E-state index is -0.338. The fourth-order valence-corrected chi connectivity index (χ4v) is 1.34. The van der Waals surface area contributed by atoms with E-state index in [1.165, 1.54) is 6.92 Å². The van der Waals surface area contributed by atoms with Crippen LogP contribution < -0.4 is 0 Å². The van der Waals surface area contributed by atoms with E-state index in [0.29, 0.717) is 6.42 Å². The predicted octanol–water partition coefficient (Wildman–Crippen LogP) is 0.851. The van der Waals surface area contributed by atoms with Crippen molar-refractivity contribution in [3.8, 4) is 0 Å². The molecule has 0 saturated carbocycles. The van der Waals surface area contributed by atoms with Crippen molar-refractivity contribution in [3.63, 3.8) is 0 Å². The Labute approximate surface area is 82.9 Å². The summed E-state index contributed by atoms with van der Waals surface area (Å²) in [5, 5.41) is 0. The molecule has 0 bridgehead atoms. The molecule has 0 spiro atoms. The molecule has 1 unspecified atom stereocenters. The number of esters is 1. The van der Waals surface area contributed by atoms with Gasteiger partial charge in [0.1, 0.15) is 12.4 Å². The zero-order valence-corrected chi connectivity index (χ0v) is 8.30. The molecule has 4 nitrogen and oxygen atoms in total. The standard InChI is InChI=1S/C10H14O4/c1-7-10(14-8(2)12)4-3-9(13-7)5-6-11/h3-4,6-7,9-10H,5H2,1-2H3/t7-,9?,10+/m0/s1. The molecule has 4 heteroatoms. The molecule has 1 heterocycles. The van der Waals surface area contributed by atoms with Crippen molar-refractivity contribution < 1.29 is 19.1 Å². The quantitative estimate of drug-likeness (QED) is 0.383. The second kappa shape index (κ2) is 4.91. The lowest BCUT2D eigenvalue weighted by molar-refractivity contribution is -0.153. The van der Waals surface area contributed by atoms with Gasteiger partial charge in [0, 0.05) is 13.3 Å². The van der Waals surface area contributed by atoms with Crippen molar-refractivity contribution in [1.82, 2.24) is 0 Å².